The first kappa shape index (κ1) is 25.9. The van der Waals surface area contributed by atoms with Gasteiger partial charge in [0, 0.05) is 28.9 Å². The number of hydrogen-bond donors (Lipinski definition) is 0. The van der Waals surface area contributed by atoms with E-state index in [1.807, 2.05) is 6.92 Å². The van der Waals surface area contributed by atoms with E-state index in [4.69, 9.17) is 9.47 Å². The van der Waals surface area contributed by atoms with Gasteiger partial charge in [-0.3, -0.25) is 10.1 Å². The van der Waals surface area contributed by atoms with Crippen LogP contribution in [0, 0.1) is 45.1 Å². The molecule has 3 rings (SSSR count). The number of nitriles is 2. The minimum atomic E-state index is -2.13. The lowest BCUT2D eigenvalue weighted by molar-refractivity contribution is -0.384. The molecule has 182 valence electrons. The number of hydrogen-bond acceptors (Lipinski definition) is 8. The molecule has 0 heterocycles. The minimum absolute atomic E-state index is 0.00239. The molecule has 0 aliphatic heterocycles. The summed E-state index contributed by atoms with van der Waals surface area (Å²) in [5.74, 6) is -1.64. The van der Waals surface area contributed by atoms with E-state index in [1.54, 1.807) is 31.2 Å². The van der Waals surface area contributed by atoms with Crippen LogP contribution < -0.4 is 0 Å². The summed E-state index contributed by atoms with van der Waals surface area (Å²) in [6, 6.07) is 16.2. The topological polar surface area (TPSA) is 143 Å². The van der Waals surface area contributed by atoms with Gasteiger partial charge in [-0.05, 0) is 31.4 Å². The zero-order valence-electron chi connectivity index (χ0n) is 20.0. The smallest absolute Gasteiger partial charge is 0.334 e. The summed E-state index contributed by atoms with van der Waals surface area (Å²) in [7, 11) is 1.18. The highest BCUT2D eigenvalue weighted by Gasteiger charge is 2.65. The summed E-state index contributed by atoms with van der Waals surface area (Å²) in [6.07, 6.45) is -0.292. The molecular weight excluding hydrogens is 462 g/mol. The Morgan fingerprint density at radius 2 is 1.69 bits per heavy atom. The number of methoxy groups -OCH3 is 1. The van der Waals surface area contributed by atoms with Crippen molar-refractivity contribution < 1.29 is 24.0 Å². The number of carbonyl (C=O) groups excluding carboxylic acids is 2. The highest BCUT2D eigenvalue weighted by Crippen LogP contribution is 2.63. The Bertz CT molecular complexity index is 1350. The molecule has 0 bridgehead atoms. The maximum atomic E-state index is 13.1. The molecule has 0 aromatic heterocycles. The predicted molar refractivity (Wildman–Crippen MR) is 129 cm³/mol. The van der Waals surface area contributed by atoms with Crippen LogP contribution in [-0.4, -0.2) is 30.6 Å². The summed E-state index contributed by atoms with van der Waals surface area (Å²) in [5.41, 5.74) is -2.74. The molecule has 9 heteroatoms. The van der Waals surface area contributed by atoms with Gasteiger partial charge in [-0.2, -0.15) is 10.5 Å². The van der Waals surface area contributed by atoms with Gasteiger partial charge in [0.2, 0.25) is 0 Å². The summed E-state index contributed by atoms with van der Waals surface area (Å²) < 4.78 is 10.2. The van der Waals surface area contributed by atoms with Gasteiger partial charge in [0.05, 0.1) is 36.2 Å². The van der Waals surface area contributed by atoms with Crippen LogP contribution in [0.25, 0.3) is 5.57 Å². The fourth-order valence-electron chi connectivity index (χ4n) is 4.75. The normalized spacial score (nSPS) is 18.0. The van der Waals surface area contributed by atoms with Gasteiger partial charge in [-0.15, -0.1) is 0 Å². The van der Waals surface area contributed by atoms with Crippen LogP contribution in [-0.2, 0) is 24.5 Å². The molecule has 0 amide bonds. The number of esters is 2. The third-order valence-corrected chi connectivity index (χ3v) is 6.47. The van der Waals surface area contributed by atoms with Crippen molar-refractivity contribution in [2.45, 2.75) is 25.7 Å². The molecule has 36 heavy (non-hydrogen) atoms. The van der Waals surface area contributed by atoms with Crippen molar-refractivity contribution in [2.75, 3.05) is 13.7 Å². The van der Waals surface area contributed by atoms with E-state index < -0.39 is 27.7 Å². The van der Waals surface area contributed by atoms with Crippen LogP contribution in [0.2, 0.25) is 0 Å². The SMILES string of the molecule is C=C(C(=O)OCC)[C@@]1(c2ccc([N+](=O)[O-])cc2)CC(C(=O)OC)=C(c2ccc(C)cc2)C1(C#N)C#N. The van der Waals surface area contributed by atoms with Crippen molar-refractivity contribution in [2.24, 2.45) is 5.41 Å². The monoisotopic (exact) mass is 485 g/mol. The molecule has 0 spiro atoms. The Kier molecular flexibility index (Phi) is 7.07. The van der Waals surface area contributed by atoms with Gasteiger partial charge in [0.15, 0.2) is 5.41 Å². The van der Waals surface area contributed by atoms with Crippen molar-refractivity contribution in [1.29, 1.82) is 10.5 Å². The fourth-order valence-corrected chi connectivity index (χ4v) is 4.75. The number of nitrogens with zero attached hydrogens (tertiary/aromatic N) is 3. The third-order valence-electron chi connectivity index (χ3n) is 6.47. The molecule has 0 N–H and O–H groups in total. The number of nitro benzene ring substituents is 1. The number of aryl methyl sites for hydroxylation is 1. The lowest BCUT2D eigenvalue weighted by Crippen LogP contribution is -2.45. The zero-order valence-corrected chi connectivity index (χ0v) is 20.0. The first-order chi connectivity index (χ1) is 17.1. The Morgan fingerprint density at radius 3 is 2.17 bits per heavy atom. The maximum Gasteiger partial charge on any atom is 0.334 e. The second-order valence-electron chi connectivity index (χ2n) is 8.27. The number of benzene rings is 2. The van der Waals surface area contributed by atoms with Gasteiger partial charge in [0.25, 0.3) is 5.69 Å². The summed E-state index contributed by atoms with van der Waals surface area (Å²) in [4.78, 5) is 36.8. The molecule has 0 saturated carbocycles. The largest absolute Gasteiger partial charge is 0.466 e. The lowest BCUT2D eigenvalue weighted by atomic mass is 9.56. The number of ether oxygens (including phenoxy) is 2. The molecule has 1 aliphatic rings. The molecule has 0 radical (unpaired) electrons. The third kappa shape index (κ3) is 3.81. The molecule has 2 aromatic carbocycles. The van der Waals surface area contributed by atoms with Crippen molar-refractivity contribution in [3.8, 4) is 12.1 Å². The number of rotatable bonds is 7. The van der Waals surface area contributed by atoms with E-state index in [9.17, 15) is 30.2 Å². The van der Waals surface area contributed by atoms with E-state index in [2.05, 4.69) is 18.7 Å². The minimum Gasteiger partial charge on any atom is -0.466 e. The van der Waals surface area contributed by atoms with Crippen molar-refractivity contribution in [3.63, 3.8) is 0 Å². The molecule has 0 unspecified atom stereocenters. The summed E-state index contributed by atoms with van der Waals surface area (Å²) in [5, 5.41) is 32.5. The second kappa shape index (κ2) is 9.85. The quantitative estimate of drug-likeness (QED) is 0.244. The molecular formula is C27H23N3O6. The van der Waals surface area contributed by atoms with Crippen LogP contribution in [0.4, 0.5) is 5.69 Å². The lowest BCUT2D eigenvalue weighted by Gasteiger charge is -2.40. The van der Waals surface area contributed by atoms with E-state index in [1.165, 1.54) is 31.4 Å². The second-order valence-corrected chi connectivity index (χ2v) is 8.27. The van der Waals surface area contributed by atoms with E-state index >= 15 is 0 Å². The number of carbonyl (C=O) groups is 2. The first-order valence-electron chi connectivity index (χ1n) is 11.0. The Morgan fingerprint density at radius 1 is 1.11 bits per heavy atom. The van der Waals surface area contributed by atoms with Gasteiger partial charge < -0.3 is 9.47 Å². The van der Waals surface area contributed by atoms with Crippen LogP contribution in [0.1, 0.15) is 30.0 Å². The number of nitro groups is 1. The van der Waals surface area contributed by atoms with Crippen molar-refractivity contribution >= 4 is 23.2 Å². The van der Waals surface area contributed by atoms with Crippen LogP contribution in [0.15, 0.2) is 66.3 Å². The van der Waals surface area contributed by atoms with Crippen LogP contribution >= 0.6 is 0 Å². The molecule has 2 aromatic rings. The summed E-state index contributed by atoms with van der Waals surface area (Å²) >= 11 is 0. The molecule has 9 nitrogen and oxygen atoms in total. The first-order valence-corrected chi connectivity index (χ1v) is 11.0. The average Bonchev–Trinajstić information content (AvgIpc) is 3.20. The standard InChI is InChI=1S/C27H23N3O6/c1-5-36-24(31)18(3)27(20-10-12-21(13-11-20)30(33)34)14-22(25(32)35-4)23(26(27,15-28)16-29)19-8-6-17(2)7-9-19/h6-13H,3,5,14H2,1-2,4H3/t27-/m1/s1. The molecule has 1 atom stereocenters. The maximum absolute atomic E-state index is 13.1. The van der Waals surface area contributed by atoms with Gasteiger partial charge in [-0.25, -0.2) is 9.59 Å². The van der Waals surface area contributed by atoms with Crippen LogP contribution in [0.5, 0.6) is 0 Å². The van der Waals surface area contributed by atoms with Crippen molar-refractivity contribution in [1.82, 2.24) is 0 Å². The van der Waals surface area contributed by atoms with Crippen LogP contribution in [0.3, 0.4) is 0 Å². The molecule has 0 saturated heterocycles. The number of non-ortho nitro benzene ring substituents is 1. The zero-order chi connectivity index (χ0) is 26.7. The van der Waals surface area contributed by atoms with E-state index in [-0.39, 0.29) is 41.0 Å². The molecule has 0 fully saturated rings. The highest BCUT2D eigenvalue weighted by molar-refractivity contribution is 6.06. The predicted octanol–water partition coefficient (Wildman–Crippen LogP) is 4.32. The Labute approximate surface area is 208 Å². The fraction of sp³-hybridized carbons (Fsp3) is 0.259. The Hall–Kier alpha value is -4.76. The van der Waals surface area contributed by atoms with Gasteiger partial charge in [0.1, 0.15) is 0 Å². The van der Waals surface area contributed by atoms with Gasteiger partial charge >= 0.3 is 11.9 Å². The molecule has 1 aliphatic carbocycles. The summed E-state index contributed by atoms with van der Waals surface area (Å²) in [6.45, 7) is 7.38. The van der Waals surface area contributed by atoms with E-state index in [0.717, 1.165) is 5.56 Å². The highest BCUT2D eigenvalue weighted by atomic mass is 16.6. The van der Waals surface area contributed by atoms with Gasteiger partial charge in [-0.1, -0.05) is 48.5 Å². The van der Waals surface area contributed by atoms with E-state index in [0.29, 0.717) is 5.56 Å². The van der Waals surface area contributed by atoms with Crippen molar-refractivity contribution in [3.05, 3.63) is 93.1 Å². The average molecular weight is 485 g/mol. The number of allylic oxidation sites excluding steroid dienone is 1. The Balaban J connectivity index is 2.46.